The Hall–Kier alpha value is -1.44. The van der Waals surface area contributed by atoms with Crippen LogP contribution in [0.15, 0.2) is 24.3 Å². The maximum absolute atomic E-state index is 11.0. The third-order valence-corrected chi connectivity index (χ3v) is 8.06. The van der Waals surface area contributed by atoms with Crippen LogP contribution >= 0.6 is 0 Å². The van der Waals surface area contributed by atoms with Gasteiger partial charge in [-0.15, -0.1) is 0 Å². The molecular formula is C25H36O2. The van der Waals surface area contributed by atoms with Crippen LogP contribution < -0.4 is 4.74 Å². The van der Waals surface area contributed by atoms with Gasteiger partial charge < -0.3 is 9.84 Å². The second-order valence-corrected chi connectivity index (χ2v) is 10.5. The molecule has 1 aromatic rings. The number of ether oxygens (including phenoxy) is 1. The van der Waals surface area contributed by atoms with Gasteiger partial charge in [0.15, 0.2) is 0 Å². The molecule has 0 radical (unpaired) electrons. The minimum atomic E-state index is 0.0514. The van der Waals surface area contributed by atoms with E-state index >= 15 is 0 Å². The fourth-order valence-corrected chi connectivity index (χ4v) is 6.05. The lowest BCUT2D eigenvalue weighted by molar-refractivity contribution is -0.0727. The van der Waals surface area contributed by atoms with E-state index in [0.717, 1.165) is 17.7 Å². The zero-order valence-corrected chi connectivity index (χ0v) is 17.8. The van der Waals surface area contributed by atoms with E-state index in [1.54, 1.807) is 0 Å². The molecule has 148 valence electrons. The molecule has 1 heterocycles. The second kappa shape index (κ2) is 6.29. The van der Waals surface area contributed by atoms with Gasteiger partial charge in [-0.1, -0.05) is 66.9 Å². The third-order valence-electron chi connectivity index (χ3n) is 8.06. The summed E-state index contributed by atoms with van der Waals surface area (Å²) < 4.78 is 6.42. The number of rotatable bonds is 6. The smallest absolute Gasteiger partial charge is 0.127 e. The number of benzene rings is 1. The number of phenols is 1. The Morgan fingerprint density at radius 3 is 2.63 bits per heavy atom. The maximum Gasteiger partial charge on any atom is 0.127 e. The molecule has 1 aromatic carbocycles. The molecule has 0 saturated heterocycles. The van der Waals surface area contributed by atoms with Gasteiger partial charge in [0.2, 0.25) is 0 Å². The first-order valence-corrected chi connectivity index (χ1v) is 10.9. The average molecular weight is 369 g/mol. The number of unbranched alkanes of at least 4 members (excludes halogenated alkanes) is 3. The topological polar surface area (TPSA) is 29.5 Å². The van der Waals surface area contributed by atoms with Crippen molar-refractivity contribution in [2.45, 2.75) is 90.6 Å². The van der Waals surface area contributed by atoms with Gasteiger partial charge >= 0.3 is 0 Å². The highest BCUT2D eigenvalue weighted by molar-refractivity contribution is 5.57. The Balaban J connectivity index is 1.62. The van der Waals surface area contributed by atoms with E-state index in [1.807, 2.05) is 6.07 Å². The summed E-state index contributed by atoms with van der Waals surface area (Å²) in [5.74, 6) is 2.76. The molecule has 3 saturated carbocycles. The summed E-state index contributed by atoms with van der Waals surface area (Å²) in [6.45, 7) is 16.0. The van der Waals surface area contributed by atoms with Gasteiger partial charge in [0, 0.05) is 11.5 Å². The van der Waals surface area contributed by atoms with Gasteiger partial charge in [-0.3, -0.25) is 0 Å². The van der Waals surface area contributed by atoms with E-state index in [-0.39, 0.29) is 22.9 Å². The van der Waals surface area contributed by atoms with Crippen molar-refractivity contribution in [3.63, 3.8) is 0 Å². The number of phenolic OH excluding ortho intramolecular Hbond substituents is 1. The first-order chi connectivity index (χ1) is 12.7. The molecule has 0 unspecified atom stereocenters. The lowest BCUT2D eigenvalue weighted by Gasteiger charge is -2.61. The van der Waals surface area contributed by atoms with Crippen molar-refractivity contribution in [3.05, 3.63) is 35.4 Å². The molecule has 4 atom stereocenters. The summed E-state index contributed by atoms with van der Waals surface area (Å²) >= 11 is 0. The molecule has 3 fully saturated rings. The van der Waals surface area contributed by atoms with Crippen LogP contribution in [-0.4, -0.2) is 11.2 Å². The minimum absolute atomic E-state index is 0.0514. The quantitative estimate of drug-likeness (QED) is 0.446. The lowest BCUT2D eigenvalue weighted by Crippen LogP contribution is -2.57. The van der Waals surface area contributed by atoms with E-state index in [9.17, 15) is 5.11 Å². The number of hydrogen-bond donors (Lipinski definition) is 1. The highest BCUT2D eigenvalue weighted by atomic mass is 16.5. The predicted octanol–water partition coefficient (Wildman–Crippen LogP) is 6.72. The minimum Gasteiger partial charge on any atom is -0.508 e. The summed E-state index contributed by atoms with van der Waals surface area (Å²) in [4.78, 5) is 0. The maximum atomic E-state index is 11.0. The van der Waals surface area contributed by atoms with Gasteiger partial charge in [0.25, 0.3) is 0 Å². The van der Waals surface area contributed by atoms with Crippen molar-refractivity contribution >= 4 is 0 Å². The van der Waals surface area contributed by atoms with Crippen LogP contribution in [0.25, 0.3) is 0 Å². The van der Waals surface area contributed by atoms with Crippen LogP contribution in [0.1, 0.15) is 90.2 Å². The second-order valence-electron chi connectivity index (χ2n) is 10.5. The largest absolute Gasteiger partial charge is 0.508 e. The Bertz CT molecular complexity index is 758. The Kier molecular flexibility index (Phi) is 4.40. The van der Waals surface area contributed by atoms with Crippen molar-refractivity contribution in [1.29, 1.82) is 0 Å². The van der Waals surface area contributed by atoms with E-state index in [1.165, 1.54) is 43.2 Å². The molecule has 27 heavy (non-hydrogen) atoms. The van der Waals surface area contributed by atoms with Crippen LogP contribution in [0.2, 0.25) is 0 Å². The number of fused-ring (bicyclic) bond motifs is 1. The van der Waals surface area contributed by atoms with Crippen LogP contribution in [0.4, 0.5) is 0 Å². The SMILES string of the molecule is C=C1[C@@H]2Oc3cc(C(C)(C)CCCCCC)cc(O)c3[C@@H]2[C@H]2C[C@@H]1C2(C)C. The van der Waals surface area contributed by atoms with E-state index in [0.29, 0.717) is 17.6 Å². The van der Waals surface area contributed by atoms with E-state index < -0.39 is 0 Å². The average Bonchev–Trinajstić information content (AvgIpc) is 2.99. The van der Waals surface area contributed by atoms with Gasteiger partial charge in [0.05, 0.1) is 0 Å². The molecule has 3 aliphatic carbocycles. The van der Waals surface area contributed by atoms with Crippen molar-refractivity contribution in [1.82, 2.24) is 0 Å². The van der Waals surface area contributed by atoms with E-state index in [2.05, 4.69) is 47.3 Å². The van der Waals surface area contributed by atoms with Crippen LogP contribution in [0.5, 0.6) is 11.5 Å². The Morgan fingerprint density at radius 1 is 1.22 bits per heavy atom. The molecule has 0 amide bonds. The zero-order valence-electron chi connectivity index (χ0n) is 17.8. The first kappa shape index (κ1) is 18.9. The van der Waals surface area contributed by atoms with Crippen LogP contribution in [0.3, 0.4) is 0 Å². The summed E-state index contributed by atoms with van der Waals surface area (Å²) in [6, 6.07) is 4.23. The Morgan fingerprint density at radius 2 is 1.96 bits per heavy atom. The fraction of sp³-hybridized carbons (Fsp3) is 0.680. The fourth-order valence-electron chi connectivity index (χ4n) is 6.05. The molecule has 1 aliphatic heterocycles. The summed E-state index contributed by atoms with van der Waals surface area (Å²) in [6.07, 6.45) is 7.49. The Labute approximate surface area is 165 Å². The lowest BCUT2D eigenvalue weighted by atomic mass is 9.43. The van der Waals surface area contributed by atoms with Crippen molar-refractivity contribution in [2.24, 2.45) is 17.3 Å². The highest BCUT2D eigenvalue weighted by Gasteiger charge is 2.63. The molecular weight excluding hydrogens is 332 g/mol. The van der Waals surface area contributed by atoms with Gasteiger partial charge in [-0.25, -0.2) is 0 Å². The number of hydrogen-bond acceptors (Lipinski definition) is 2. The molecule has 0 spiro atoms. The number of aromatic hydroxyl groups is 1. The molecule has 0 aromatic heterocycles. The van der Waals surface area contributed by atoms with Crippen LogP contribution in [-0.2, 0) is 5.41 Å². The molecule has 2 heteroatoms. The monoisotopic (exact) mass is 368 g/mol. The molecule has 4 aliphatic rings. The van der Waals surface area contributed by atoms with Crippen molar-refractivity contribution in [2.75, 3.05) is 0 Å². The van der Waals surface area contributed by atoms with Gasteiger partial charge in [-0.2, -0.15) is 0 Å². The van der Waals surface area contributed by atoms with E-state index in [4.69, 9.17) is 4.74 Å². The third kappa shape index (κ3) is 2.74. The molecule has 2 nitrogen and oxygen atoms in total. The molecule has 1 N–H and O–H groups in total. The zero-order chi connectivity index (χ0) is 19.6. The first-order valence-electron chi connectivity index (χ1n) is 10.9. The van der Waals surface area contributed by atoms with Gasteiger partial charge in [-0.05, 0) is 58.8 Å². The predicted molar refractivity (Wildman–Crippen MR) is 112 cm³/mol. The normalized spacial score (nSPS) is 30.3. The van der Waals surface area contributed by atoms with Crippen molar-refractivity contribution in [3.8, 4) is 11.5 Å². The summed E-state index contributed by atoms with van der Waals surface area (Å²) in [7, 11) is 0. The summed E-state index contributed by atoms with van der Waals surface area (Å²) in [5.41, 5.74) is 3.81. The van der Waals surface area contributed by atoms with Gasteiger partial charge in [0.1, 0.15) is 17.6 Å². The van der Waals surface area contributed by atoms with Crippen molar-refractivity contribution < 1.29 is 9.84 Å². The molecule has 2 bridgehead atoms. The molecule has 5 rings (SSSR count). The standard InChI is InChI=1S/C25H36O2/c1-7-8-9-10-11-24(3,4)16-12-19(26)22-20(13-16)27-23-15(2)17-14-18(21(22)23)25(17,5)6/h12-13,17-18,21,23,26H,2,7-11,14H2,1,3-6H3/t17-,18+,21-,23-/m0/s1. The highest BCUT2D eigenvalue weighted by Crippen LogP contribution is 2.69. The van der Waals surface area contributed by atoms with Crippen LogP contribution in [0, 0.1) is 17.3 Å². The summed E-state index contributed by atoms with van der Waals surface area (Å²) in [5, 5.41) is 11.0.